The van der Waals surface area contributed by atoms with Gasteiger partial charge in [0.25, 0.3) is 0 Å². The van der Waals surface area contributed by atoms with Gasteiger partial charge in [0.2, 0.25) is 0 Å². The van der Waals surface area contributed by atoms with Crippen LogP contribution in [0.25, 0.3) is 22.2 Å². The minimum absolute atomic E-state index is 0.196. The molecule has 0 bridgehead atoms. The fraction of sp³-hybridized carbons (Fsp3) is 0.0714. The molecule has 0 spiro atoms. The second-order valence-corrected chi connectivity index (χ2v) is 4.68. The van der Waals surface area contributed by atoms with Gasteiger partial charge in [0.05, 0.1) is 11.0 Å². The van der Waals surface area contributed by atoms with Gasteiger partial charge in [-0.1, -0.05) is 29.8 Å². The van der Waals surface area contributed by atoms with Gasteiger partial charge in [-0.2, -0.15) is 0 Å². The molecule has 0 saturated carbocycles. The van der Waals surface area contributed by atoms with Crippen molar-refractivity contribution in [3.63, 3.8) is 0 Å². The predicted octanol–water partition coefficient (Wildman–Crippen LogP) is 3.49. The number of halogens is 1. The Bertz CT molecular complexity index is 766. The third-order valence-corrected chi connectivity index (χ3v) is 3.34. The zero-order valence-corrected chi connectivity index (χ0v) is 10.5. The van der Waals surface area contributed by atoms with Gasteiger partial charge in [-0.15, -0.1) is 0 Å². The molecule has 2 N–H and O–H groups in total. The van der Waals surface area contributed by atoms with Crippen LogP contribution in [0.5, 0.6) is 0 Å². The summed E-state index contributed by atoms with van der Waals surface area (Å²) < 4.78 is 0. The van der Waals surface area contributed by atoms with Crippen LogP contribution in [-0.4, -0.2) is 9.97 Å². The molecule has 4 heteroatoms. The van der Waals surface area contributed by atoms with Gasteiger partial charge < -0.3 is 9.97 Å². The van der Waals surface area contributed by atoms with Crippen LogP contribution in [0.3, 0.4) is 0 Å². The van der Waals surface area contributed by atoms with Gasteiger partial charge in [-0.3, -0.25) is 0 Å². The Morgan fingerprint density at radius 2 is 1.83 bits per heavy atom. The molecule has 0 aliphatic rings. The highest BCUT2D eigenvalue weighted by Gasteiger charge is 2.08. The van der Waals surface area contributed by atoms with Gasteiger partial charge >= 0.3 is 5.69 Å². The van der Waals surface area contributed by atoms with Crippen molar-refractivity contribution in [3.8, 4) is 11.1 Å². The number of imidazole rings is 1. The van der Waals surface area contributed by atoms with Crippen molar-refractivity contribution >= 4 is 22.6 Å². The summed E-state index contributed by atoms with van der Waals surface area (Å²) >= 11 is 6.24. The summed E-state index contributed by atoms with van der Waals surface area (Å²) in [5.74, 6) is 0. The van der Waals surface area contributed by atoms with E-state index in [4.69, 9.17) is 11.6 Å². The van der Waals surface area contributed by atoms with E-state index in [0.29, 0.717) is 5.02 Å². The monoisotopic (exact) mass is 258 g/mol. The van der Waals surface area contributed by atoms with Crippen LogP contribution >= 0.6 is 11.6 Å². The van der Waals surface area contributed by atoms with E-state index >= 15 is 0 Å². The Kier molecular flexibility index (Phi) is 2.49. The zero-order chi connectivity index (χ0) is 12.7. The molecule has 3 nitrogen and oxygen atoms in total. The van der Waals surface area contributed by atoms with Crippen molar-refractivity contribution < 1.29 is 0 Å². The smallest absolute Gasteiger partial charge is 0.306 e. The molecule has 90 valence electrons. The third kappa shape index (κ3) is 1.73. The zero-order valence-electron chi connectivity index (χ0n) is 9.75. The minimum atomic E-state index is -0.196. The van der Waals surface area contributed by atoms with Gasteiger partial charge in [0, 0.05) is 10.6 Å². The molecule has 0 fully saturated rings. The average molecular weight is 259 g/mol. The molecule has 0 aliphatic heterocycles. The lowest BCUT2D eigenvalue weighted by Crippen LogP contribution is -1.99. The lowest BCUT2D eigenvalue weighted by Gasteiger charge is -2.08. The Morgan fingerprint density at radius 3 is 2.61 bits per heavy atom. The summed E-state index contributed by atoms with van der Waals surface area (Å²) in [4.78, 5) is 16.7. The molecular formula is C14H11ClN2O. The lowest BCUT2D eigenvalue weighted by atomic mass is 10.0. The standard InChI is InChI=1S/C14H11ClN2O/c1-8-3-2-4-10(15)13(8)9-5-6-11-12(7-9)17-14(18)16-11/h2-7H,1H3,(H2,16,17,18). The molecule has 0 aliphatic carbocycles. The van der Waals surface area contributed by atoms with Crippen LogP contribution in [0.15, 0.2) is 41.2 Å². The molecule has 0 amide bonds. The van der Waals surface area contributed by atoms with Crippen molar-refractivity contribution in [2.24, 2.45) is 0 Å². The van der Waals surface area contributed by atoms with Crippen LogP contribution in [0, 0.1) is 6.92 Å². The first-order valence-corrected chi connectivity index (χ1v) is 6.00. The first-order chi connectivity index (χ1) is 8.65. The number of nitrogens with one attached hydrogen (secondary N) is 2. The summed E-state index contributed by atoms with van der Waals surface area (Å²) in [6.07, 6.45) is 0. The maximum absolute atomic E-state index is 11.2. The van der Waals surface area contributed by atoms with E-state index in [1.54, 1.807) is 0 Å². The van der Waals surface area contributed by atoms with Crippen LogP contribution < -0.4 is 5.69 Å². The molecule has 1 heterocycles. The van der Waals surface area contributed by atoms with Gasteiger partial charge in [0.15, 0.2) is 0 Å². The highest BCUT2D eigenvalue weighted by atomic mass is 35.5. The van der Waals surface area contributed by atoms with Crippen molar-refractivity contribution in [1.29, 1.82) is 0 Å². The van der Waals surface area contributed by atoms with Crippen LogP contribution in [0.2, 0.25) is 5.02 Å². The van der Waals surface area contributed by atoms with Crippen LogP contribution in [0.1, 0.15) is 5.56 Å². The molecule has 18 heavy (non-hydrogen) atoms. The number of hydrogen-bond acceptors (Lipinski definition) is 1. The first-order valence-electron chi connectivity index (χ1n) is 5.63. The molecular weight excluding hydrogens is 248 g/mol. The molecule has 3 aromatic rings. The largest absolute Gasteiger partial charge is 0.323 e. The van der Waals surface area contributed by atoms with E-state index in [2.05, 4.69) is 9.97 Å². The van der Waals surface area contributed by atoms with Crippen LogP contribution in [-0.2, 0) is 0 Å². The summed E-state index contributed by atoms with van der Waals surface area (Å²) in [6.45, 7) is 2.02. The summed E-state index contributed by atoms with van der Waals surface area (Å²) in [6, 6.07) is 11.6. The van der Waals surface area contributed by atoms with E-state index < -0.39 is 0 Å². The van der Waals surface area contributed by atoms with E-state index in [-0.39, 0.29) is 5.69 Å². The van der Waals surface area contributed by atoms with Gasteiger partial charge in [-0.05, 0) is 36.2 Å². The predicted molar refractivity (Wildman–Crippen MR) is 74.1 cm³/mol. The number of hydrogen-bond donors (Lipinski definition) is 2. The molecule has 0 atom stereocenters. The van der Waals surface area contributed by atoms with Crippen molar-refractivity contribution in [3.05, 3.63) is 57.5 Å². The SMILES string of the molecule is Cc1cccc(Cl)c1-c1ccc2[nH]c(=O)[nH]c2c1. The first kappa shape index (κ1) is 11.1. The highest BCUT2D eigenvalue weighted by molar-refractivity contribution is 6.33. The van der Waals surface area contributed by atoms with Crippen molar-refractivity contribution in [2.45, 2.75) is 6.92 Å². The Hall–Kier alpha value is -2.00. The quantitative estimate of drug-likeness (QED) is 0.690. The number of aromatic amines is 2. The second-order valence-electron chi connectivity index (χ2n) is 4.27. The second kappa shape index (κ2) is 4.03. The molecule has 0 unspecified atom stereocenters. The number of benzene rings is 2. The van der Waals surface area contributed by atoms with E-state index in [0.717, 1.165) is 27.7 Å². The number of aryl methyl sites for hydroxylation is 1. The van der Waals surface area contributed by atoms with Crippen molar-refractivity contribution in [1.82, 2.24) is 9.97 Å². The molecule has 3 rings (SSSR count). The fourth-order valence-corrected chi connectivity index (χ4v) is 2.52. The number of aromatic nitrogens is 2. The Labute approximate surface area is 108 Å². The average Bonchev–Trinajstić information content (AvgIpc) is 2.68. The van der Waals surface area contributed by atoms with Gasteiger partial charge in [-0.25, -0.2) is 4.79 Å². The van der Waals surface area contributed by atoms with Crippen molar-refractivity contribution in [2.75, 3.05) is 0 Å². The van der Waals surface area contributed by atoms with E-state index in [1.807, 2.05) is 43.3 Å². The summed E-state index contributed by atoms with van der Waals surface area (Å²) in [5.41, 5.74) is 4.51. The Morgan fingerprint density at radius 1 is 1.06 bits per heavy atom. The fourth-order valence-electron chi connectivity index (χ4n) is 2.19. The molecule has 2 aromatic carbocycles. The molecule has 0 saturated heterocycles. The topological polar surface area (TPSA) is 48.6 Å². The highest BCUT2D eigenvalue weighted by Crippen LogP contribution is 2.31. The summed E-state index contributed by atoms with van der Waals surface area (Å²) in [7, 11) is 0. The molecule has 1 aromatic heterocycles. The Balaban J connectivity index is 2.28. The van der Waals surface area contributed by atoms with E-state index in [9.17, 15) is 4.79 Å². The number of H-pyrrole nitrogens is 2. The minimum Gasteiger partial charge on any atom is -0.306 e. The third-order valence-electron chi connectivity index (χ3n) is 3.03. The van der Waals surface area contributed by atoms with Crippen LogP contribution in [0.4, 0.5) is 0 Å². The van der Waals surface area contributed by atoms with E-state index in [1.165, 1.54) is 0 Å². The summed E-state index contributed by atoms with van der Waals surface area (Å²) in [5, 5.41) is 0.715. The lowest BCUT2D eigenvalue weighted by molar-refractivity contribution is 1.22. The molecule has 0 radical (unpaired) electrons. The maximum atomic E-state index is 11.2. The number of rotatable bonds is 1. The number of fused-ring (bicyclic) bond motifs is 1. The van der Waals surface area contributed by atoms with Gasteiger partial charge in [0.1, 0.15) is 0 Å². The normalized spacial score (nSPS) is 11.0. The maximum Gasteiger partial charge on any atom is 0.323 e.